The van der Waals surface area contributed by atoms with E-state index < -0.39 is 9.84 Å². The molecule has 3 unspecified atom stereocenters. The van der Waals surface area contributed by atoms with Gasteiger partial charge in [-0.1, -0.05) is 0 Å². The van der Waals surface area contributed by atoms with Crippen LogP contribution in [0.15, 0.2) is 0 Å². The molecule has 1 aliphatic heterocycles. The Hall–Kier alpha value is -0.820. The van der Waals surface area contributed by atoms with Gasteiger partial charge in [-0.05, 0) is 39.5 Å². The van der Waals surface area contributed by atoms with Crippen molar-refractivity contribution in [1.29, 1.82) is 0 Å². The zero-order valence-electron chi connectivity index (χ0n) is 13.5. The first kappa shape index (κ1) is 18.2. The topological polar surface area (TPSA) is 75.7 Å². The molecule has 124 valence electrons. The first-order chi connectivity index (χ1) is 9.69. The minimum absolute atomic E-state index is 0.0266. The molecule has 0 radical (unpaired) electrons. The maximum Gasteiger partial charge on any atom is 0.317 e. The summed E-state index contributed by atoms with van der Waals surface area (Å²) in [5.41, 5.74) is 0. The Morgan fingerprint density at radius 1 is 1.43 bits per heavy atom. The monoisotopic (exact) mass is 320 g/mol. The van der Waals surface area contributed by atoms with Gasteiger partial charge in [0, 0.05) is 32.0 Å². The molecule has 1 saturated heterocycles. The first-order valence-corrected chi connectivity index (χ1v) is 9.57. The van der Waals surface area contributed by atoms with Gasteiger partial charge in [0.2, 0.25) is 0 Å². The van der Waals surface area contributed by atoms with Crippen LogP contribution in [0.4, 0.5) is 4.79 Å². The molecule has 0 aromatic heterocycles. The van der Waals surface area contributed by atoms with E-state index in [4.69, 9.17) is 4.74 Å². The third kappa shape index (κ3) is 7.13. The van der Waals surface area contributed by atoms with E-state index in [0.717, 1.165) is 32.3 Å². The van der Waals surface area contributed by atoms with Crippen molar-refractivity contribution in [3.63, 3.8) is 0 Å². The van der Waals surface area contributed by atoms with Crippen LogP contribution in [0.25, 0.3) is 0 Å². The Labute approximate surface area is 128 Å². The molecule has 21 heavy (non-hydrogen) atoms. The molecule has 6 nitrogen and oxygen atoms in total. The van der Waals surface area contributed by atoms with E-state index in [-0.39, 0.29) is 23.9 Å². The van der Waals surface area contributed by atoms with Gasteiger partial charge in [-0.3, -0.25) is 0 Å². The zero-order chi connectivity index (χ0) is 16.0. The van der Waals surface area contributed by atoms with Crippen LogP contribution in [0.3, 0.4) is 0 Å². The average molecular weight is 320 g/mol. The minimum Gasteiger partial charge on any atom is -0.378 e. The van der Waals surface area contributed by atoms with E-state index in [0.29, 0.717) is 6.10 Å². The lowest BCUT2D eigenvalue weighted by Crippen LogP contribution is -2.47. The number of rotatable bonds is 7. The van der Waals surface area contributed by atoms with Crippen molar-refractivity contribution in [1.82, 2.24) is 10.2 Å². The summed E-state index contributed by atoms with van der Waals surface area (Å²) >= 11 is 0. The molecule has 0 aromatic carbocycles. The molecule has 1 heterocycles. The molecule has 1 N–H and O–H groups in total. The van der Waals surface area contributed by atoms with Crippen molar-refractivity contribution in [2.24, 2.45) is 0 Å². The summed E-state index contributed by atoms with van der Waals surface area (Å²) in [6.45, 7) is 4.54. The summed E-state index contributed by atoms with van der Waals surface area (Å²) in [5, 5.41) is 2.91. The normalized spacial score (nSPS) is 21.8. The average Bonchev–Trinajstić information content (AvgIpc) is 2.86. The second kappa shape index (κ2) is 7.98. The third-order valence-corrected chi connectivity index (χ3v) is 4.93. The van der Waals surface area contributed by atoms with Crippen LogP contribution in [-0.2, 0) is 14.6 Å². The van der Waals surface area contributed by atoms with Crippen LogP contribution in [0.1, 0.15) is 39.5 Å². The molecule has 0 bridgehead atoms. The summed E-state index contributed by atoms with van der Waals surface area (Å²) in [4.78, 5) is 13.5. The minimum atomic E-state index is -3.09. The number of sulfone groups is 1. The molecular weight excluding hydrogens is 292 g/mol. The lowest BCUT2D eigenvalue weighted by molar-refractivity contribution is 0.0999. The van der Waals surface area contributed by atoms with Gasteiger partial charge < -0.3 is 15.0 Å². The molecule has 1 aliphatic rings. The van der Waals surface area contributed by atoms with E-state index in [1.807, 2.05) is 6.92 Å². The molecule has 7 heteroatoms. The van der Waals surface area contributed by atoms with Crippen molar-refractivity contribution in [2.75, 3.05) is 25.7 Å². The van der Waals surface area contributed by atoms with Crippen LogP contribution >= 0.6 is 0 Å². The molecule has 1 rings (SSSR count). The SMILES string of the molecule is CC(CCC1CCCO1)NC(=O)N(C)C(C)CS(C)(=O)=O. The van der Waals surface area contributed by atoms with E-state index >= 15 is 0 Å². The van der Waals surface area contributed by atoms with Crippen LogP contribution in [0.2, 0.25) is 0 Å². The van der Waals surface area contributed by atoms with E-state index in [1.54, 1.807) is 14.0 Å². The second-order valence-electron chi connectivity index (χ2n) is 6.12. The summed E-state index contributed by atoms with van der Waals surface area (Å²) in [6, 6.07) is -0.522. The number of amides is 2. The molecule has 3 atom stereocenters. The lowest BCUT2D eigenvalue weighted by Gasteiger charge is -2.26. The smallest absolute Gasteiger partial charge is 0.317 e. The van der Waals surface area contributed by atoms with Crippen molar-refractivity contribution < 1.29 is 17.9 Å². The fraction of sp³-hybridized carbons (Fsp3) is 0.929. The van der Waals surface area contributed by atoms with E-state index in [2.05, 4.69) is 5.32 Å². The molecule has 0 spiro atoms. The largest absolute Gasteiger partial charge is 0.378 e. The van der Waals surface area contributed by atoms with E-state index in [1.165, 1.54) is 11.2 Å². The van der Waals surface area contributed by atoms with Crippen LogP contribution in [-0.4, -0.2) is 63.2 Å². The Balaban J connectivity index is 2.33. The summed E-state index contributed by atoms with van der Waals surface area (Å²) < 4.78 is 28.1. The van der Waals surface area contributed by atoms with Crippen molar-refractivity contribution >= 4 is 15.9 Å². The fourth-order valence-corrected chi connectivity index (χ4v) is 3.54. The van der Waals surface area contributed by atoms with Crippen molar-refractivity contribution in [2.45, 2.75) is 57.7 Å². The highest BCUT2D eigenvalue weighted by molar-refractivity contribution is 7.90. The second-order valence-corrected chi connectivity index (χ2v) is 8.30. The van der Waals surface area contributed by atoms with Crippen LogP contribution < -0.4 is 5.32 Å². The summed E-state index contributed by atoms with van der Waals surface area (Å²) in [5.74, 6) is -0.0266. The zero-order valence-corrected chi connectivity index (χ0v) is 14.3. The highest BCUT2D eigenvalue weighted by Crippen LogP contribution is 2.17. The maximum absolute atomic E-state index is 12.1. The number of ether oxygens (including phenoxy) is 1. The number of urea groups is 1. The van der Waals surface area contributed by atoms with Crippen LogP contribution in [0.5, 0.6) is 0 Å². The molecule has 0 saturated carbocycles. The summed E-state index contributed by atoms with van der Waals surface area (Å²) in [6.07, 6.45) is 5.54. The quantitative estimate of drug-likeness (QED) is 0.769. The van der Waals surface area contributed by atoms with Gasteiger partial charge in [0.15, 0.2) is 0 Å². The predicted molar refractivity (Wildman–Crippen MR) is 83.1 cm³/mol. The van der Waals surface area contributed by atoms with Gasteiger partial charge >= 0.3 is 6.03 Å². The lowest BCUT2D eigenvalue weighted by atomic mass is 10.1. The number of carbonyl (C=O) groups is 1. The molecule has 0 aliphatic carbocycles. The van der Waals surface area contributed by atoms with Gasteiger partial charge in [0.1, 0.15) is 9.84 Å². The van der Waals surface area contributed by atoms with Crippen molar-refractivity contribution in [3.05, 3.63) is 0 Å². The van der Waals surface area contributed by atoms with Gasteiger partial charge in [-0.25, -0.2) is 13.2 Å². The van der Waals surface area contributed by atoms with Crippen molar-refractivity contribution in [3.8, 4) is 0 Å². The number of hydrogen-bond acceptors (Lipinski definition) is 4. The number of carbonyl (C=O) groups excluding carboxylic acids is 1. The highest BCUT2D eigenvalue weighted by Gasteiger charge is 2.22. The molecule has 2 amide bonds. The Bertz CT molecular complexity index is 432. The van der Waals surface area contributed by atoms with Gasteiger partial charge in [-0.15, -0.1) is 0 Å². The van der Waals surface area contributed by atoms with Crippen LogP contribution in [0, 0.1) is 0 Å². The molecular formula is C14H28N2O4S. The predicted octanol–water partition coefficient (Wildman–Crippen LogP) is 1.41. The van der Waals surface area contributed by atoms with Gasteiger partial charge in [0.05, 0.1) is 11.9 Å². The Morgan fingerprint density at radius 2 is 2.10 bits per heavy atom. The Kier molecular flexibility index (Phi) is 6.93. The Morgan fingerprint density at radius 3 is 2.62 bits per heavy atom. The number of hydrogen-bond donors (Lipinski definition) is 1. The highest BCUT2D eigenvalue weighted by atomic mass is 32.2. The first-order valence-electron chi connectivity index (χ1n) is 7.51. The number of nitrogens with one attached hydrogen (secondary N) is 1. The van der Waals surface area contributed by atoms with Gasteiger partial charge in [-0.2, -0.15) is 0 Å². The van der Waals surface area contributed by atoms with Gasteiger partial charge in [0.25, 0.3) is 0 Å². The number of nitrogens with zero attached hydrogens (tertiary/aromatic N) is 1. The fourth-order valence-electron chi connectivity index (χ4n) is 2.44. The third-order valence-electron chi connectivity index (χ3n) is 3.84. The maximum atomic E-state index is 12.1. The van der Waals surface area contributed by atoms with E-state index in [9.17, 15) is 13.2 Å². The summed E-state index contributed by atoms with van der Waals surface area (Å²) in [7, 11) is -1.47. The standard InChI is InChI=1S/C14H28N2O4S/c1-11(7-8-13-6-5-9-20-13)15-14(17)16(3)12(2)10-21(4,18)19/h11-13H,5-10H2,1-4H3,(H,15,17). The molecule has 0 aromatic rings. The molecule has 1 fully saturated rings.